The van der Waals surface area contributed by atoms with Crippen LogP contribution in [-0.4, -0.2) is 24.9 Å². The van der Waals surface area contributed by atoms with Crippen LogP contribution in [0, 0.1) is 0 Å². The standard InChI is InChI=1S/C24H29N3O2/c1-17(2)19-9-6-18(7-10-19)8-13-23(28)26-21-16-20(24(25)29)11-12-22(21)27-14-4-3-5-15-27/h6-13,16-17H,3-5,14-15H2,1-2H3,(H2,25,29)(H,26,28)/b13-8+. The van der Waals surface area contributed by atoms with Gasteiger partial charge in [0.25, 0.3) is 0 Å². The van der Waals surface area contributed by atoms with Crippen LogP contribution in [0.25, 0.3) is 6.08 Å². The average Bonchev–Trinajstić information content (AvgIpc) is 2.73. The molecule has 29 heavy (non-hydrogen) atoms. The summed E-state index contributed by atoms with van der Waals surface area (Å²) in [6.07, 6.45) is 6.77. The number of hydrogen-bond acceptors (Lipinski definition) is 3. The van der Waals surface area contributed by atoms with Crippen molar-refractivity contribution < 1.29 is 9.59 Å². The van der Waals surface area contributed by atoms with Gasteiger partial charge in [-0.25, -0.2) is 0 Å². The molecule has 0 unspecified atom stereocenters. The van der Waals surface area contributed by atoms with E-state index in [9.17, 15) is 9.59 Å². The third-order valence-electron chi connectivity index (χ3n) is 5.27. The monoisotopic (exact) mass is 391 g/mol. The lowest BCUT2D eigenvalue weighted by atomic mass is 10.0. The largest absolute Gasteiger partial charge is 0.370 e. The van der Waals surface area contributed by atoms with Gasteiger partial charge in [0.1, 0.15) is 0 Å². The summed E-state index contributed by atoms with van der Waals surface area (Å²) < 4.78 is 0. The average molecular weight is 392 g/mol. The zero-order valence-electron chi connectivity index (χ0n) is 17.2. The maximum Gasteiger partial charge on any atom is 0.248 e. The zero-order valence-corrected chi connectivity index (χ0v) is 17.2. The summed E-state index contributed by atoms with van der Waals surface area (Å²) in [5.41, 5.74) is 9.59. The molecule has 1 heterocycles. The Hall–Kier alpha value is -3.08. The van der Waals surface area contributed by atoms with E-state index in [2.05, 4.69) is 36.2 Å². The zero-order chi connectivity index (χ0) is 20.8. The second-order valence-corrected chi connectivity index (χ2v) is 7.79. The topological polar surface area (TPSA) is 75.4 Å². The van der Waals surface area contributed by atoms with Crippen LogP contribution < -0.4 is 16.0 Å². The summed E-state index contributed by atoms with van der Waals surface area (Å²) in [6, 6.07) is 13.4. The second kappa shape index (κ2) is 9.41. The van der Waals surface area contributed by atoms with E-state index in [-0.39, 0.29) is 5.91 Å². The third kappa shape index (κ3) is 5.47. The van der Waals surface area contributed by atoms with Crippen molar-refractivity contribution in [3.63, 3.8) is 0 Å². The molecule has 0 bridgehead atoms. The van der Waals surface area contributed by atoms with Gasteiger partial charge in [0.05, 0.1) is 11.4 Å². The van der Waals surface area contributed by atoms with Gasteiger partial charge in [-0.2, -0.15) is 0 Å². The minimum atomic E-state index is -0.508. The first-order valence-electron chi connectivity index (χ1n) is 10.2. The third-order valence-corrected chi connectivity index (χ3v) is 5.27. The van der Waals surface area contributed by atoms with Gasteiger partial charge >= 0.3 is 0 Å². The number of hydrogen-bond donors (Lipinski definition) is 2. The molecule has 2 amide bonds. The Balaban J connectivity index is 1.77. The molecule has 2 aromatic rings. The molecule has 152 valence electrons. The molecule has 5 nitrogen and oxygen atoms in total. The fourth-order valence-corrected chi connectivity index (χ4v) is 3.54. The van der Waals surface area contributed by atoms with Crippen molar-refractivity contribution in [1.29, 1.82) is 0 Å². The first kappa shape index (κ1) is 20.6. The maximum absolute atomic E-state index is 12.5. The lowest BCUT2D eigenvalue weighted by Crippen LogP contribution is -2.30. The Morgan fingerprint density at radius 1 is 1.03 bits per heavy atom. The van der Waals surface area contributed by atoms with Gasteiger partial charge in [-0.3, -0.25) is 9.59 Å². The lowest BCUT2D eigenvalue weighted by Gasteiger charge is -2.30. The molecule has 0 aliphatic carbocycles. The predicted molar refractivity (Wildman–Crippen MR) is 119 cm³/mol. The molecule has 1 aliphatic heterocycles. The molecule has 5 heteroatoms. The van der Waals surface area contributed by atoms with E-state index in [0.717, 1.165) is 37.2 Å². The highest BCUT2D eigenvalue weighted by molar-refractivity contribution is 6.05. The number of rotatable bonds is 6. The molecule has 0 spiro atoms. The molecule has 0 radical (unpaired) electrons. The minimum Gasteiger partial charge on any atom is -0.370 e. The van der Waals surface area contributed by atoms with E-state index in [1.54, 1.807) is 18.2 Å². The fourth-order valence-electron chi connectivity index (χ4n) is 3.54. The van der Waals surface area contributed by atoms with Crippen LogP contribution in [0.2, 0.25) is 0 Å². The smallest absolute Gasteiger partial charge is 0.248 e. The Kier molecular flexibility index (Phi) is 6.70. The first-order chi connectivity index (χ1) is 13.9. The molecule has 3 N–H and O–H groups in total. The number of carbonyl (C=O) groups excluding carboxylic acids is 2. The van der Waals surface area contributed by atoms with Crippen molar-refractivity contribution in [2.24, 2.45) is 5.73 Å². The Morgan fingerprint density at radius 3 is 2.34 bits per heavy atom. The van der Waals surface area contributed by atoms with Gasteiger partial charge in [0.15, 0.2) is 0 Å². The van der Waals surface area contributed by atoms with Gasteiger partial charge in [-0.1, -0.05) is 38.1 Å². The molecule has 2 aromatic carbocycles. The number of carbonyl (C=O) groups is 2. The highest BCUT2D eigenvalue weighted by Crippen LogP contribution is 2.30. The van der Waals surface area contributed by atoms with Crippen molar-refractivity contribution in [1.82, 2.24) is 0 Å². The van der Waals surface area contributed by atoms with Crippen molar-refractivity contribution in [2.45, 2.75) is 39.0 Å². The van der Waals surface area contributed by atoms with Crippen molar-refractivity contribution in [2.75, 3.05) is 23.3 Å². The van der Waals surface area contributed by atoms with Gasteiger partial charge in [-0.15, -0.1) is 0 Å². The van der Waals surface area contributed by atoms with Gasteiger partial charge < -0.3 is 16.0 Å². The molecule has 0 saturated carbocycles. The summed E-state index contributed by atoms with van der Waals surface area (Å²) in [4.78, 5) is 26.4. The molecular weight excluding hydrogens is 362 g/mol. The summed E-state index contributed by atoms with van der Waals surface area (Å²) >= 11 is 0. The highest BCUT2D eigenvalue weighted by atomic mass is 16.1. The number of nitrogens with two attached hydrogens (primary N) is 1. The Morgan fingerprint density at radius 2 is 1.72 bits per heavy atom. The van der Waals surface area contributed by atoms with Crippen LogP contribution in [0.5, 0.6) is 0 Å². The summed E-state index contributed by atoms with van der Waals surface area (Å²) in [6.45, 7) is 6.19. The number of anilines is 2. The van der Waals surface area contributed by atoms with E-state index in [4.69, 9.17) is 5.73 Å². The molecule has 1 aliphatic rings. The molecule has 1 fully saturated rings. The Labute approximate surface area is 172 Å². The van der Waals surface area contributed by atoms with Crippen LogP contribution in [0.15, 0.2) is 48.5 Å². The Bertz CT molecular complexity index is 895. The van der Waals surface area contributed by atoms with E-state index in [1.165, 1.54) is 18.1 Å². The SMILES string of the molecule is CC(C)c1ccc(/C=C/C(=O)Nc2cc(C(N)=O)ccc2N2CCCCC2)cc1. The van der Waals surface area contributed by atoms with Gasteiger partial charge in [0, 0.05) is 24.7 Å². The fraction of sp³-hybridized carbons (Fsp3) is 0.333. The van der Waals surface area contributed by atoms with Crippen molar-refractivity contribution in [3.05, 3.63) is 65.2 Å². The summed E-state index contributed by atoms with van der Waals surface area (Å²) in [7, 11) is 0. The number of piperidine rings is 1. The van der Waals surface area contributed by atoms with Gasteiger partial charge in [0.2, 0.25) is 11.8 Å². The molecule has 1 saturated heterocycles. The maximum atomic E-state index is 12.5. The first-order valence-corrected chi connectivity index (χ1v) is 10.2. The molecule has 0 aromatic heterocycles. The van der Waals surface area contributed by atoms with Crippen LogP contribution in [0.3, 0.4) is 0 Å². The number of amides is 2. The number of benzene rings is 2. The molecule has 0 atom stereocenters. The summed E-state index contributed by atoms with van der Waals surface area (Å²) in [5.74, 6) is -0.272. The number of primary amides is 1. The van der Waals surface area contributed by atoms with Crippen LogP contribution in [0.1, 0.15) is 60.5 Å². The quantitative estimate of drug-likeness (QED) is 0.709. The summed E-state index contributed by atoms with van der Waals surface area (Å²) in [5, 5.41) is 2.93. The van der Waals surface area contributed by atoms with Crippen molar-refractivity contribution in [3.8, 4) is 0 Å². The normalized spacial score (nSPS) is 14.4. The van der Waals surface area contributed by atoms with Crippen LogP contribution >= 0.6 is 0 Å². The van der Waals surface area contributed by atoms with Crippen molar-refractivity contribution >= 4 is 29.3 Å². The number of nitrogens with one attached hydrogen (secondary N) is 1. The highest BCUT2D eigenvalue weighted by Gasteiger charge is 2.17. The van der Waals surface area contributed by atoms with E-state index < -0.39 is 5.91 Å². The molecule has 3 rings (SSSR count). The number of nitrogens with zero attached hydrogens (tertiary/aromatic N) is 1. The minimum absolute atomic E-state index is 0.238. The van der Waals surface area contributed by atoms with Crippen LogP contribution in [0.4, 0.5) is 11.4 Å². The van der Waals surface area contributed by atoms with Crippen LogP contribution in [-0.2, 0) is 4.79 Å². The van der Waals surface area contributed by atoms with E-state index in [1.807, 2.05) is 18.2 Å². The lowest BCUT2D eigenvalue weighted by molar-refractivity contribution is -0.111. The van der Waals surface area contributed by atoms with E-state index in [0.29, 0.717) is 17.2 Å². The molecular formula is C24H29N3O2. The predicted octanol–water partition coefficient (Wildman–Crippen LogP) is 4.55. The second-order valence-electron chi connectivity index (χ2n) is 7.79. The van der Waals surface area contributed by atoms with E-state index >= 15 is 0 Å². The van der Waals surface area contributed by atoms with Gasteiger partial charge in [-0.05, 0) is 60.6 Å².